The average molecular weight is 236 g/mol. The van der Waals surface area contributed by atoms with Crippen molar-refractivity contribution in [2.24, 2.45) is 0 Å². The molecule has 3 heteroatoms. The van der Waals surface area contributed by atoms with Crippen LogP contribution in [0, 0.1) is 0 Å². The Hall–Kier alpha value is -1.25. The van der Waals surface area contributed by atoms with Crippen molar-refractivity contribution in [3.63, 3.8) is 0 Å². The van der Waals surface area contributed by atoms with Crippen LogP contribution < -0.4 is 0 Å². The maximum absolute atomic E-state index is 8.99. The highest BCUT2D eigenvalue weighted by Crippen LogP contribution is 2.19. The lowest BCUT2D eigenvalue weighted by molar-refractivity contribution is 0.324. The molecule has 0 saturated heterocycles. The van der Waals surface area contributed by atoms with Gasteiger partial charge in [0.2, 0.25) is 0 Å². The number of alkyl halides is 1. The predicted molar refractivity (Wildman–Crippen MR) is 65.9 cm³/mol. The molecule has 0 fully saturated rings. The van der Waals surface area contributed by atoms with Crippen molar-refractivity contribution in [3.05, 3.63) is 59.8 Å². The van der Waals surface area contributed by atoms with E-state index in [9.17, 15) is 0 Å². The van der Waals surface area contributed by atoms with Gasteiger partial charge >= 0.3 is 0 Å². The van der Waals surface area contributed by atoms with Crippen LogP contribution in [0.15, 0.2) is 54.3 Å². The number of hydrogen-bond donors (Lipinski definition) is 1. The quantitative estimate of drug-likeness (QED) is 0.643. The van der Waals surface area contributed by atoms with Crippen molar-refractivity contribution in [2.45, 2.75) is 12.0 Å². The van der Waals surface area contributed by atoms with Crippen LogP contribution in [-0.4, -0.2) is 22.1 Å². The van der Waals surface area contributed by atoms with Crippen LogP contribution in [0.2, 0.25) is 0 Å². The van der Waals surface area contributed by atoms with Crippen molar-refractivity contribution >= 4 is 11.6 Å². The van der Waals surface area contributed by atoms with E-state index in [1.54, 1.807) is 0 Å². The zero-order valence-corrected chi connectivity index (χ0v) is 9.64. The van der Waals surface area contributed by atoms with E-state index in [1.165, 1.54) is 5.56 Å². The van der Waals surface area contributed by atoms with Crippen LogP contribution in [0.25, 0.3) is 0 Å². The largest absolute Gasteiger partial charge is 0.392 e. The van der Waals surface area contributed by atoms with Crippen LogP contribution in [0.1, 0.15) is 5.56 Å². The fourth-order valence-electron chi connectivity index (χ4n) is 1.64. The summed E-state index contributed by atoms with van der Waals surface area (Å²) in [6.07, 6.45) is 5.68. The fraction of sp³-hybridized carbons (Fsp3) is 0.231. The van der Waals surface area contributed by atoms with Gasteiger partial charge in [-0.2, -0.15) is 0 Å². The van der Waals surface area contributed by atoms with Gasteiger partial charge in [0.25, 0.3) is 0 Å². The number of hydrogen-bond acceptors (Lipinski definition) is 2. The van der Waals surface area contributed by atoms with Crippen LogP contribution in [0.3, 0.4) is 0 Å². The molecule has 0 radical (unpaired) electrons. The number of aliphatic hydroxyl groups is 1. The van der Waals surface area contributed by atoms with Gasteiger partial charge in [0, 0.05) is 12.7 Å². The van der Waals surface area contributed by atoms with Crippen molar-refractivity contribution < 1.29 is 5.11 Å². The van der Waals surface area contributed by atoms with Crippen molar-refractivity contribution in [1.29, 1.82) is 0 Å². The lowest BCUT2D eigenvalue weighted by Gasteiger charge is -2.27. The Bertz CT molecular complexity index is 400. The standard InChI is InChI=1S/C13H14ClNO/c14-13-8-12(10-16)6-7-15(13)9-11-4-2-1-3-5-11/h1-8,13,16H,9-10H2. The van der Waals surface area contributed by atoms with Gasteiger partial charge in [0.1, 0.15) is 5.50 Å². The number of benzene rings is 1. The summed E-state index contributed by atoms with van der Waals surface area (Å²) >= 11 is 6.19. The van der Waals surface area contributed by atoms with Gasteiger partial charge in [-0.15, -0.1) is 0 Å². The molecule has 2 rings (SSSR count). The van der Waals surface area contributed by atoms with Gasteiger partial charge in [-0.3, -0.25) is 0 Å². The van der Waals surface area contributed by atoms with E-state index >= 15 is 0 Å². The molecule has 1 aromatic carbocycles. The van der Waals surface area contributed by atoms with E-state index in [2.05, 4.69) is 12.1 Å². The Balaban J connectivity index is 2.03. The van der Waals surface area contributed by atoms with Gasteiger partial charge in [-0.1, -0.05) is 41.9 Å². The SMILES string of the molecule is OCC1=CC(Cl)N(Cc2ccccc2)C=C1. The van der Waals surface area contributed by atoms with Gasteiger partial charge in [-0.25, -0.2) is 0 Å². The van der Waals surface area contributed by atoms with Gasteiger partial charge in [-0.05, 0) is 23.3 Å². The summed E-state index contributed by atoms with van der Waals surface area (Å²) in [7, 11) is 0. The average Bonchev–Trinajstić information content (AvgIpc) is 2.33. The molecule has 0 aliphatic carbocycles. The molecule has 1 aliphatic heterocycles. The summed E-state index contributed by atoms with van der Waals surface area (Å²) in [4.78, 5) is 2.02. The summed E-state index contributed by atoms with van der Waals surface area (Å²) in [6, 6.07) is 10.2. The summed E-state index contributed by atoms with van der Waals surface area (Å²) < 4.78 is 0. The van der Waals surface area contributed by atoms with Gasteiger partial charge in [0.15, 0.2) is 0 Å². The van der Waals surface area contributed by atoms with E-state index in [0.717, 1.165) is 12.1 Å². The third-order valence-corrected chi connectivity index (χ3v) is 2.92. The number of rotatable bonds is 3. The maximum Gasteiger partial charge on any atom is 0.123 e. The highest BCUT2D eigenvalue weighted by molar-refractivity contribution is 6.21. The van der Waals surface area contributed by atoms with E-state index in [1.807, 2.05) is 41.5 Å². The molecule has 0 spiro atoms. The Labute approximate surface area is 100 Å². The molecule has 2 nitrogen and oxygen atoms in total. The molecule has 1 aromatic rings. The minimum Gasteiger partial charge on any atom is -0.392 e. The highest BCUT2D eigenvalue weighted by atomic mass is 35.5. The topological polar surface area (TPSA) is 23.5 Å². The Morgan fingerprint density at radius 3 is 2.62 bits per heavy atom. The Morgan fingerprint density at radius 2 is 2.00 bits per heavy atom. The molecule has 84 valence electrons. The second kappa shape index (κ2) is 5.19. The first-order chi connectivity index (χ1) is 7.79. The van der Waals surface area contributed by atoms with Gasteiger partial charge in [0.05, 0.1) is 6.61 Å². The monoisotopic (exact) mass is 235 g/mol. The molecule has 1 atom stereocenters. The predicted octanol–water partition coefficient (Wildman–Crippen LogP) is 2.50. The molecular weight excluding hydrogens is 222 g/mol. The first-order valence-electron chi connectivity index (χ1n) is 5.23. The lowest BCUT2D eigenvalue weighted by Crippen LogP contribution is -2.26. The number of halogens is 1. The second-order valence-corrected chi connectivity index (χ2v) is 4.19. The molecular formula is C13H14ClNO. The van der Waals surface area contributed by atoms with E-state index in [0.29, 0.717) is 0 Å². The molecule has 1 aliphatic rings. The van der Waals surface area contributed by atoms with Crippen LogP contribution in [-0.2, 0) is 6.54 Å². The summed E-state index contributed by atoms with van der Waals surface area (Å²) in [5, 5.41) is 8.99. The van der Waals surface area contributed by atoms with Crippen LogP contribution in [0.5, 0.6) is 0 Å². The molecule has 0 amide bonds. The minimum absolute atomic E-state index is 0.0406. The first-order valence-corrected chi connectivity index (χ1v) is 5.67. The minimum atomic E-state index is -0.188. The fourth-order valence-corrected chi connectivity index (χ4v) is 1.94. The van der Waals surface area contributed by atoms with Gasteiger partial charge < -0.3 is 10.0 Å². The second-order valence-electron chi connectivity index (χ2n) is 3.75. The van der Waals surface area contributed by atoms with Crippen LogP contribution in [0.4, 0.5) is 0 Å². The summed E-state index contributed by atoms with van der Waals surface area (Å²) in [5.41, 5.74) is 1.90. The Morgan fingerprint density at radius 1 is 1.25 bits per heavy atom. The zero-order chi connectivity index (χ0) is 11.4. The molecule has 1 N–H and O–H groups in total. The molecule has 1 unspecified atom stereocenters. The summed E-state index contributed by atoms with van der Waals surface area (Å²) in [6.45, 7) is 0.819. The molecule has 0 bridgehead atoms. The lowest BCUT2D eigenvalue weighted by atomic mass is 10.1. The van der Waals surface area contributed by atoms with Crippen molar-refractivity contribution in [3.8, 4) is 0 Å². The van der Waals surface area contributed by atoms with Crippen molar-refractivity contribution in [1.82, 2.24) is 4.90 Å². The van der Waals surface area contributed by atoms with E-state index in [4.69, 9.17) is 16.7 Å². The normalized spacial score (nSPS) is 19.8. The van der Waals surface area contributed by atoms with Crippen LogP contribution >= 0.6 is 11.6 Å². The molecule has 16 heavy (non-hydrogen) atoms. The smallest absolute Gasteiger partial charge is 0.123 e. The third-order valence-electron chi connectivity index (χ3n) is 2.54. The summed E-state index contributed by atoms with van der Waals surface area (Å²) in [5.74, 6) is 0. The van der Waals surface area contributed by atoms with E-state index in [-0.39, 0.29) is 12.1 Å². The Kier molecular flexibility index (Phi) is 3.65. The maximum atomic E-state index is 8.99. The molecule has 1 heterocycles. The zero-order valence-electron chi connectivity index (χ0n) is 8.88. The highest BCUT2D eigenvalue weighted by Gasteiger charge is 2.14. The molecule has 0 aromatic heterocycles. The number of nitrogens with zero attached hydrogens (tertiary/aromatic N) is 1. The number of aliphatic hydroxyl groups excluding tert-OH is 1. The molecule has 0 saturated carbocycles. The first kappa shape index (κ1) is 11.2. The third kappa shape index (κ3) is 2.65. The van der Waals surface area contributed by atoms with Crippen molar-refractivity contribution in [2.75, 3.05) is 6.61 Å². The van der Waals surface area contributed by atoms with E-state index < -0.39 is 0 Å².